The van der Waals surface area contributed by atoms with E-state index in [-0.39, 0.29) is 17.0 Å². The van der Waals surface area contributed by atoms with E-state index in [1.54, 1.807) is 6.92 Å². The van der Waals surface area contributed by atoms with Crippen LogP contribution in [-0.4, -0.2) is 19.9 Å². The molecular weight excluding hydrogens is 287 g/mol. The quantitative estimate of drug-likeness (QED) is 0.388. The SMILES string of the molecule is CC#CCCNS(=O)(=O)c1cc([N+](=O)[O-])c(F)cc1C. The van der Waals surface area contributed by atoms with Crippen LogP contribution in [0.15, 0.2) is 17.0 Å². The first-order chi connectivity index (χ1) is 9.29. The lowest BCUT2D eigenvalue weighted by Gasteiger charge is -2.08. The molecule has 0 amide bonds. The molecule has 0 unspecified atom stereocenters. The standard InChI is InChI=1S/C12H13FN2O4S/c1-3-4-5-6-14-20(18,19)12-8-11(15(16)17)10(13)7-9(12)2/h7-8,14H,5-6H2,1-2H3. The highest BCUT2D eigenvalue weighted by atomic mass is 32.2. The highest BCUT2D eigenvalue weighted by Crippen LogP contribution is 2.25. The van der Waals surface area contributed by atoms with Gasteiger partial charge in [0.1, 0.15) is 0 Å². The third kappa shape index (κ3) is 3.76. The van der Waals surface area contributed by atoms with Gasteiger partial charge >= 0.3 is 5.69 Å². The summed E-state index contributed by atoms with van der Waals surface area (Å²) >= 11 is 0. The highest BCUT2D eigenvalue weighted by Gasteiger charge is 2.23. The Labute approximate surface area is 116 Å². The van der Waals surface area contributed by atoms with E-state index in [2.05, 4.69) is 16.6 Å². The summed E-state index contributed by atoms with van der Waals surface area (Å²) in [7, 11) is -3.93. The van der Waals surface area contributed by atoms with Crippen molar-refractivity contribution in [3.05, 3.63) is 33.6 Å². The molecule has 0 aliphatic carbocycles. The number of aryl methyl sites for hydroxylation is 1. The zero-order chi connectivity index (χ0) is 15.3. The van der Waals surface area contributed by atoms with E-state index in [0.29, 0.717) is 6.42 Å². The molecule has 0 aromatic heterocycles. The maximum atomic E-state index is 13.3. The average molecular weight is 300 g/mol. The van der Waals surface area contributed by atoms with E-state index in [0.717, 1.165) is 12.1 Å². The maximum absolute atomic E-state index is 13.3. The van der Waals surface area contributed by atoms with Gasteiger partial charge in [-0.15, -0.1) is 11.8 Å². The second-order valence-corrected chi connectivity index (χ2v) is 5.64. The first kappa shape index (κ1) is 16.1. The number of nitrogens with one attached hydrogen (secondary N) is 1. The number of nitro groups is 1. The number of nitro benzene ring substituents is 1. The summed E-state index contributed by atoms with van der Waals surface area (Å²) in [4.78, 5) is 9.37. The smallest absolute Gasteiger partial charge is 0.258 e. The Balaban J connectivity index is 3.13. The van der Waals surface area contributed by atoms with Gasteiger partial charge in [-0.1, -0.05) is 0 Å². The summed E-state index contributed by atoms with van der Waals surface area (Å²) in [5.41, 5.74) is -0.772. The van der Waals surface area contributed by atoms with Gasteiger partial charge < -0.3 is 0 Å². The van der Waals surface area contributed by atoms with Gasteiger partial charge in [-0.3, -0.25) is 10.1 Å². The minimum atomic E-state index is -3.93. The Morgan fingerprint density at radius 3 is 2.65 bits per heavy atom. The van der Waals surface area contributed by atoms with Crippen LogP contribution < -0.4 is 4.72 Å². The van der Waals surface area contributed by atoms with Crippen molar-refractivity contribution in [1.82, 2.24) is 4.72 Å². The Morgan fingerprint density at radius 1 is 1.45 bits per heavy atom. The summed E-state index contributed by atoms with van der Waals surface area (Å²) < 4.78 is 39.6. The Morgan fingerprint density at radius 2 is 2.10 bits per heavy atom. The van der Waals surface area contributed by atoms with Gasteiger partial charge in [0.05, 0.1) is 9.82 Å². The fraction of sp³-hybridized carbons (Fsp3) is 0.333. The predicted octanol–water partition coefficient (Wildman–Crippen LogP) is 1.73. The van der Waals surface area contributed by atoms with E-state index in [1.807, 2.05) is 0 Å². The molecule has 1 rings (SSSR count). The minimum absolute atomic E-state index is 0.0772. The molecule has 1 N–H and O–H groups in total. The van der Waals surface area contributed by atoms with Crippen molar-refractivity contribution in [1.29, 1.82) is 0 Å². The first-order valence-electron chi connectivity index (χ1n) is 5.63. The van der Waals surface area contributed by atoms with Crippen LogP contribution in [0.4, 0.5) is 10.1 Å². The molecule has 1 aromatic carbocycles. The topological polar surface area (TPSA) is 89.3 Å². The lowest BCUT2D eigenvalue weighted by Crippen LogP contribution is -2.25. The van der Waals surface area contributed by atoms with Crippen molar-refractivity contribution >= 4 is 15.7 Å². The Kier molecular flexibility index (Phi) is 5.19. The molecule has 0 aliphatic rings. The molecular formula is C12H13FN2O4S. The van der Waals surface area contributed by atoms with Gasteiger partial charge in [0.15, 0.2) is 0 Å². The molecule has 0 saturated carbocycles. The molecule has 0 fully saturated rings. The number of hydrogen-bond donors (Lipinski definition) is 1. The molecule has 6 nitrogen and oxygen atoms in total. The van der Waals surface area contributed by atoms with Crippen LogP contribution in [0, 0.1) is 34.7 Å². The van der Waals surface area contributed by atoms with Crippen LogP contribution in [0.1, 0.15) is 18.9 Å². The molecule has 0 spiro atoms. The molecule has 0 aliphatic heterocycles. The Bertz CT molecular complexity index is 689. The lowest BCUT2D eigenvalue weighted by atomic mass is 10.2. The molecule has 0 radical (unpaired) electrons. The summed E-state index contributed by atoms with van der Waals surface area (Å²) in [6, 6.07) is 1.55. The van der Waals surface area contributed by atoms with Crippen molar-refractivity contribution in [2.24, 2.45) is 0 Å². The molecule has 20 heavy (non-hydrogen) atoms. The van der Waals surface area contributed by atoms with Gasteiger partial charge in [0, 0.05) is 19.0 Å². The third-order valence-corrected chi connectivity index (χ3v) is 4.05. The summed E-state index contributed by atoms with van der Waals surface area (Å²) in [5.74, 6) is 4.23. The molecule has 0 bridgehead atoms. The normalized spacial score (nSPS) is 10.8. The molecule has 0 heterocycles. The largest absolute Gasteiger partial charge is 0.306 e. The highest BCUT2D eigenvalue weighted by molar-refractivity contribution is 7.89. The van der Waals surface area contributed by atoms with E-state index < -0.39 is 26.5 Å². The second-order valence-electron chi connectivity index (χ2n) is 3.90. The third-order valence-electron chi connectivity index (χ3n) is 2.45. The van der Waals surface area contributed by atoms with Gasteiger partial charge in [-0.2, -0.15) is 4.39 Å². The summed E-state index contributed by atoms with van der Waals surface area (Å²) in [6.45, 7) is 3.07. The molecule has 8 heteroatoms. The van der Waals surface area contributed by atoms with Crippen molar-refractivity contribution in [3.63, 3.8) is 0 Å². The monoisotopic (exact) mass is 300 g/mol. The van der Waals surface area contributed by atoms with Crippen molar-refractivity contribution in [2.75, 3.05) is 6.54 Å². The number of sulfonamides is 1. The van der Waals surface area contributed by atoms with Crippen LogP contribution >= 0.6 is 0 Å². The number of nitrogens with zero attached hydrogens (tertiary/aromatic N) is 1. The van der Waals surface area contributed by atoms with Crippen molar-refractivity contribution < 1.29 is 17.7 Å². The molecule has 108 valence electrons. The average Bonchev–Trinajstić information content (AvgIpc) is 2.33. The predicted molar refractivity (Wildman–Crippen MR) is 71.0 cm³/mol. The zero-order valence-electron chi connectivity index (χ0n) is 10.9. The van der Waals surface area contributed by atoms with Crippen LogP contribution in [0.3, 0.4) is 0 Å². The second kappa shape index (κ2) is 6.45. The van der Waals surface area contributed by atoms with Crippen LogP contribution in [0.2, 0.25) is 0 Å². The number of rotatable bonds is 5. The molecule has 0 saturated heterocycles. The van der Waals surface area contributed by atoms with E-state index >= 15 is 0 Å². The molecule has 0 atom stereocenters. The van der Waals surface area contributed by atoms with Crippen LogP contribution in [0.5, 0.6) is 0 Å². The summed E-state index contributed by atoms with van der Waals surface area (Å²) in [6.07, 6.45) is 0.318. The lowest BCUT2D eigenvalue weighted by molar-refractivity contribution is -0.387. The fourth-order valence-corrected chi connectivity index (χ4v) is 2.80. The fourth-order valence-electron chi connectivity index (χ4n) is 1.52. The van der Waals surface area contributed by atoms with Crippen LogP contribution in [0.25, 0.3) is 0 Å². The first-order valence-corrected chi connectivity index (χ1v) is 7.11. The van der Waals surface area contributed by atoms with Crippen molar-refractivity contribution in [2.45, 2.75) is 25.2 Å². The van der Waals surface area contributed by atoms with E-state index in [1.165, 1.54) is 6.92 Å². The van der Waals surface area contributed by atoms with Gasteiger partial charge in [-0.05, 0) is 25.5 Å². The van der Waals surface area contributed by atoms with Crippen LogP contribution in [-0.2, 0) is 10.0 Å². The number of benzene rings is 1. The number of halogens is 1. The minimum Gasteiger partial charge on any atom is -0.258 e. The summed E-state index contributed by atoms with van der Waals surface area (Å²) in [5, 5.41) is 10.6. The van der Waals surface area contributed by atoms with Gasteiger partial charge in [-0.25, -0.2) is 13.1 Å². The van der Waals surface area contributed by atoms with E-state index in [9.17, 15) is 22.9 Å². The molecule has 1 aromatic rings. The van der Waals surface area contributed by atoms with Gasteiger partial charge in [0.25, 0.3) is 0 Å². The van der Waals surface area contributed by atoms with Crippen molar-refractivity contribution in [3.8, 4) is 11.8 Å². The van der Waals surface area contributed by atoms with Gasteiger partial charge in [0.2, 0.25) is 15.8 Å². The maximum Gasteiger partial charge on any atom is 0.306 e. The number of hydrogen-bond acceptors (Lipinski definition) is 4. The van der Waals surface area contributed by atoms with E-state index in [4.69, 9.17) is 0 Å². The Hall–Kier alpha value is -1.98. The zero-order valence-corrected chi connectivity index (χ0v) is 11.8.